The first kappa shape index (κ1) is 9.42. The number of aromatic hydroxyl groups is 1. The molecule has 0 aromatic heterocycles. The highest BCUT2D eigenvalue weighted by molar-refractivity contribution is 5.41. The number of carbonyl (C=O) groups excluding carboxylic acids is 1. The van der Waals surface area contributed by atoms with Crippen molar-refractivity contribution in [2.75, 3.05) is 0 Å². The van der Waals surface area contributed by atoms with Crippen LogP contribution in [0.15, 0.2) is 17.1 Å². The second-order valence-corrected chi connectivity index (χ2v) is 2.64. The largest absolute Gasteiger partial charge is 0.507 e. The summed E-state index contributed by atoms with van der Waals surface area (Å²) in [6, 6.07) is 2.35. The van der Waals surface area contributed by atoms with E-state index in [0.29, 0.717) is 11.1 Å². The van der Waals surface area contributed by atoms with Gasteiger partial charge in [-0.1, -0.05) is 0 Å². The van der Waals surface area contributed by atoms with E-state index >= 15 is 0 Å². The Kier molecular flexibility index (Phi) is 2.77. The number of halogens is 1. The number of aryl methyl sites for hydroxylation is 1. The molecule has 3 nitrogen and oxygen atoms in total. The second-order valence-electron chi connectivity index (χ2n) is 2.64. The molecule has 0 unspecified atom stereocenters. The quantitative estimate of drug-likeness (QED) is 0.557. The molecule has 0 aliphatic rings. The van der Waals surface area contributed by atoms with Crippen molar-refractivity contribution in [2.24, 2.45) is 4.99 Å². The molecule has 68 valence electrons. The number of isocyanates is 1. The average Bonchev–Trinajstić information content (AvgIpc) is 2.09. The number of hydrogen-bond acceptors (Lipinski definition) is 3. The predicted molar refractivity (Wildman–Crippen MR) is 44.6 cm³/mol. The molecule has 0 spiro atoms. The summed E-state index contributed by atoms with van der Waals surface area (Å²) >= 11 is 0. The van der Waals surface area contributed by atoms with Crippen molar-refractivity contribution < 1.29 is 14.3 Å². The molecule has 0 fully saturated rings. The van der Waals surface area contributed by atoms with Crippen molar-refractivity contribution in [1.82, 2.24) is 0 Å². The predicted octanol–water partition coefficient (Wildman–Crippen LogP) is 1.68. The van der Waals surface area contributed by atoms with Crippen LogP contribution in [0.1, 0.15) is 11.1 Å². The number of nitrogens with zero attached hydrogens (tertiary/aromatic N) is 1. The van der Waals surface area contributed by atoms with Gasteiger partial charge in [0.1, 0.15) is 11.6 Å². The van der Waals surface area contributed by atoms with Crippen LogP contribution in [0.4, 0.5) is 4.39 Å². The van der Waals surface area contributed by atoms with E-state index in [1.807, 2.05) is 0 Å². The van der Waals surface area contributed by atoms with Gasteiger partial charge in [0, 0.05) is 5.56 Å². The SMILES string of the molecule is Cc1cc(F)cc(CN=C=O)c1O. The lowest BCUT2D eigenvalue weighted by molar-refractivity contribution is 0.461. The molecule has 13 heavy (non-hydrogen) atoms. The molecule has 1 rings (SSSR count). The standard InChI is InChI=1S/C9H8FNO2/c1-6-2-8(10)3-7(9(6)13)4-11-5-12/h2-3,13H,4H2,1H3. The lowest BCUT2D eigenvalue weighted by atomic mass is 10.1. The first-order chi connectivity index (χ1) is 6.15. The van der Waals surface area contributed by atoms with Crippen LogP contribution in [0.3, 0.4) is 0 Å². The van der Waals surface area contributed by atoms with Crippen LogP contribution in [-0.4, -0.2) is 11.2 Å². The van der Waals surface area contributed by atoms with Gasteiger partial charge < -0.3 is 5.11 Å². The fraction of sp³-hybridized carbons (Fsp3) is 0.222. The van der Waals surface area contributed by atoms with Crippen molar-refractivity contribution >= 4 is 6.08 Å². The van der Waals surface area contributed by atoms with Gasteiger partial charge >= 0.3 is 0 Å². The third-order valence-corrected chi connectivity index (χ3v) is 1.66. The first-order valence-electron chi connectivity index (χ1n) is 3.66. The molecule has 1 aromatic carbocycles. The van der Waals surface area contributed by atoms with Crippen LogP contribution in [0.25, 0.3) is 0 Å². The molecule has 0 saturated heterocycles. The van der Waals surface area contributed by atoms with Crippen LogP contribution < -0.4 is 0 Å². The van der Waals surface area contributed by atoms with E-state index < -0.39 is 5.82 Å². The molecule has 4 heteroatoms. The lowest BCUT2D eigenvalue weighted by Crippen LogP contribution is -1.88. The van der Waals surface area contributed by atoms with Crippen LogP contribution >= 0.6 is 0 Å². The summed E-state index contributed by atoms with van der Waals surface area (Å²) in [5, 5.41) is 9.39. The third kappa shape index (κ3) is 2.13. The van der Waals surface area contributed by atoms with Gasteiger partial charge in [0.15, 0.2) is 0 Å². The molecule has 0 saturated carbocycles. The average molecular weight is 181 g/mol. The van der Waals surface area contributed by atoms with E-state index in [-0.39, 0.29) is 12.3 Å². The minimum Gasteiger partial charge on any atom is -0.507 e. The van der Waals surface area contributed by atoms with Crippen molar-refractivity contribution in [3.63, 3.8) is 0 Å². The summed E-state index contributed by atoms with van der Waals surface area (Å²) < 4.78 is 12.8. The van der Waals surface area contributed by atoms with Gasteiger partial charge in [0.25, 0.3) is 0 Å². The first-order valence-corrected chi connectivity index (χ1v) is 3.66. The molecule has 0 radical (unpaired) electrons. The smallest absolute Gasteiger partial charge is 0.235 e. The number of hydrogen-bond donors (Lipinski definition) is 1. The molecule has 1 N–H and O–H groups in total. The zero-order chi connectivity index (χ0) is 9.84. The number of benzene rings is 1. The molecule has 1 aromatic rings. The Morgan fingerprint density at radius 1 is 1.62 bits per heavy atom. The number of rotatable bonds is 2. The van der Waals surface area contributed by atoms with E-state index in [4.69, 9.17) is 0 Å². The minimum atomic E-state index is -0.452. The molecule has 0 amide bonds. The number of phenolic OH excluding ortho intramolecular Hbond substituents is 1. The third-order valence-electron chi connectivity index (χ3n) is 1.66. The Balaban J connectivity index is 3.12. The topological polar surface area (TPSA) is 49.7 Å². The molecule has 0 aliphatic heterocycles. The number of aliphatic imine (C=N–C) groups is 1. The van der Waals surface area contributed by atoms with E-state index in [1.54, 1.807) is 6.92 Å². The summed E-state index contributed by atoms with van der Waals surface area (Å²) in [4.78, 5) is 13.0. The summed E-state index contributed by atoms with van der Waals surface area (Å²) in [7, 11) is 0. The minimum absolute atomic E-state index is 0.0274. The summed E-state index contributed by atoms with van der Waals surface area (Å²) in [6.07, 6.45) is 1.32. The van der Waals surface area contributed by atoms with Crippen molar-refractivity contribution in [2.45, 2.75) is 13.5 Å². The number of phenols is 1. The molecular formula is C9H8FNO2. The van der Waals surface area contributed by atoms with Gasteiger partial charge in [-0.15, -0.1) is 0 Å². The van der Waals surface area contributed by atoms with Crippen LogP contribution in [0, 0.1) is 12.7 Å². The van der Waals surface area contributed by atoms with Crippen molar-refractivity contribution in [3.8, 4) is 5.75 Å². The lowest BCUT2D eigenvalue weighted by Gasteiger charge is -2.03. The molecule has 0 bridgehead atoms. The molecular weight excluding hydrogens is 173 g/mol. The Labute approximate surface area is 74.5 Å². The van der Waals surface area contributed by atoms with Crippen LogP contribution in [-0.2, 0) is 11.3 Å². The fourth-order valence-corrected chi connectivity index (χ4v) is 1.04. The van der Waals surface area contributed by atoms with Crippen molar-refractivity contribution in [1.29, 1.82) is 0 Å². The van der Waals surface area contributed by atoms with E-state index in [0.717, 1.165) is 6.07 Å². The molecule has 0 aliphatic carbocycles. The van der Waals surface area contributed by atoms with Gasteiger partial charge in [-0.05, 0) is 24.6 Å². The maximum Gasteiger partial charge on any atom is 0.235 e. The highest BCUT2D eigenvalue weighted by Crippen LogP contribution is 2.23. The monoisotopic (exact) mass is 181 g/mol. The van der Waals surface area contributed by atoms with E-state index in [9.17, 15) is 14.3 Å². The summed E-state index contributed by atoms with van der Waals surface area (Å²) in [5.41, 5.74) is 0.719. The van der Waals surface area contributed by atoms with Crippen LogP contribution in [0.2, 0.25) is 0 Å². The van der Waals surface area contributed by atoms with Gasteiger partial charge in [0.05, 0.1) is 6.54 Å². The Morgan fingerprint density at radius 3 is 2.92 bits per heavy atom. The zero-order valence-electron chi connectivity index (χ0n) is 7.04. The Bertz CT molecular complexity index is 370. The van der Waals surface area contributed by atoms with Gasteiger partial charge in [0.2, 0.25) is 6.08 Å². The van der Waals surface area contributed by atoms with Gasteiger partial charge in [-0.2, -0.15) is 0 Å². The van der Waals surface area contributed by atoms with Gasteiger partial charge in [-0.25, -0.2) is 14.2 Å². The normalized spacial score (nSPS) is 9.38. The van der Waals surface area contributed by atoms with Crippen LogP contribution in [0.5, 0.6) is 5.75 Å². The maximum absolute atomic E-state index is 12.8. The second kappa shape index (κ2) is 3.83. The Hall–Kier alpha value is -1.67. The fourth-order valence-electron chi connectivity index (χ4n) is 1.04. The summed E-state index contributed by atoms with van der Waals surface area (Å²) in [6.45, 7) is 1.53. The zero-order valence-corrected chi connectivity index (χ0v) is 7.04. The maximum atomic E-state index is 12.8. The highest BCUT2D eigenvalue weighted by Gasteiger charge is 2.05. The molecule has 0 atom stereocenters. The van der Waals surface area contributed by atoms with Crippen molar-refractivity contribution in [3.05, 3.63) is 29.1 Å². The highest BCUT2D eigenvalue weighted by atomic mass is 19.1. The van der Waals surface area contributed by atoms with E-state index in [1.165, 1.54) is 12.1 Å². The molecule has 0 heterocycles. The van der Waals surface area contributed by atoms with E-state index in [2.05, 4.69) is 4.99 Å². The summed E-state index contributed by atoms with van der Waals surface area (Å²) in [5.74, 6) is -0.480. The Morgan fingerprint density at radius 2 is 2.31 bits per heavy atom. The van der Waals surface area contributed by atoms with Gasteiger partial charge in [-0.3, -0.25) is 0 Å².